The first-order valence-electron chi connectivity index (χ1n) is 4.38. The van der Waals surface area contributed by atoms with Crippen LogP contribution in [0.2, 0.25) is 0 Å². The topological polar surface area (TPSA) is 86.7 Å². The average molecular weight is 203 g/mol. The van der Waals surface area contributed by atoms with Crippen LogP contribution in [-0.2, 0) is 11.2 Å². The summed E-state index contributed by atoms with van der Waals surface area (Å²) >= 11 is 0. The van der Waals surface area contributed by atoms with Crippen LogP contribution in [-0.4, -0.2) is 26.1 Å². The van der Waals surface area contributed by atoms with Crippen LogP contribution in [0.15, 0.2) is 30.3 Å². The van der Waals surface area contributed by atoms with E-state index in [2.05, 4.69) is 15.4 Å². The molecule has 2 rings (SSSR count). The van der Waals surface area contributed by atoms with Gasteiger partial charge in [-0.15, -0.1) is 15.0 Å². The summed E-state index contributed by atoms with van der Waals surface area (Å²) in [6.45, 7) is 0. The van der Waals surface area contributed by atoms with E-state index in [0.29, 0.717) is 5.82 Å². The summed E-state index contributed by atoms with van der Waals surface area (Å²) in [6.07, 6.45) is 0.00678. The van der Waals surface area contributed by atoms with Crippen molar-refractivity contribution in [1.82, 2.24) is 20.2 Å². The van der Waals surface area contributed by atoms with Gasteiger partial charge in [0, 0.05) is 0 Å². The van der Waals surface area contributed by atoms with E-state index in [1.807, 2.05) is 30.3 Å². The maximum atomic E-state index is 10.6. The van der Waals surface area contributed by atoms with E-state index < -0.39 is 5.91 Å². The quantitative estimate of drug-likeness (QED) is 0.741. The first-order valence-corrected chi connectivity index (χ1v) is 4.38. The molecule has 0 aliphatic carbocycles. The van der Waals surface area contributed by atoms with Crippen molar-refractivity contribution in [1.29, 1.82) is 0 Å². The molecule has 0 unspecified atom stereocenters. The maximum Gasteiger partial charge on any atom is 0.225 e. The van der Waals surface area contributed by atoms with Crippen molar-refractivity contribution in [3.63, 3.8) is 0 Å². The van der Waals surface area contributed by atoms with Crippen molar-refractivity contribution >= 4 is 5.91 Å². The molecule has 6 heteroatoms. The number of carbonyl (C=O) groups is 1. The fraction of sp³-hybridized carbons (Fsp3) is 0.111. The van der Waals surface area contributed by atoms with E-state index in [9.17, 15) is 4.79 Å². The zero-order chi connectivity index (χ0) is 10.7. The van der Waals surface area contributed by atoms with Gasteiger partial charge in [0.25, 0.3) is 0 Å². The van der Waals surface area contributed by atoms with Gasteiger partial charge < -0.3 is 5.73 Å². The molecular weight excluding hydrogens is 194 g/mol. The number of nitrogens with two attached hydrogens (primary N) is 1. The number of amides is 1. The third-order valence-electron chi connectivity index (χ3n) is 1.77. The first kappa shape index (κ1) is 9.32. The van der Waals surface area contributed by atoms with Crippen LogP contribution in [0.1, 0.15) is 5.82 Å². The van der Waals surface area contributed by atoms with Crippen molar-refractivity contribution in [2.45, 2.75) is 6.42 Å². The lowest BCUT2D eigenvalue weighted by atomic mass is 10.3. The zero-order valence-electron chi connectivity index (χ0n) is 7.87. The number of para-hydroxylation sites is 1. The Morgan fingerprint density at radius 2 is 2.07 bits per heavy atom. The third kappa shape index (κ3) is 2.16. The molecule has 2 N–H and O–H groups in total. The standard InChI is InChI=1S/C9H9N5O/c10-8(15)6-9-11-13-14(12-9)7-4-2-1-3-5-7/h1-5H,6H2,(H2,10,15). The van der Waals surface area contributed by atoms with Gasteiger partial charge in [-0.2, -0.15) is 0 Å². The second-order valence-electron chi connectivity index (χ2n) is 2.97. The number of hydrogen-bond donors (Lipinski definition) is 1. The molecule has 1 amide bonds. The predicted molar refractivity (Wildman–Crippen MR) is 52.1 cm³/mol. The number of benzene rings is 1. The Balaban J connectivity index is 2.24. The molecule has 0 aliphatic heterocycles. The predicted octanol–water partition coefficient (Wildman–Crippen LogP) is -0.310. The average Bonchev–Trinajstić information content (AvgIpc) is 2.67. The van der Waals surface area contributed by atoms with Gasteiger partial charge in [-0.1, -0.05) is 18.2 Å². The number of hydrogen-bond acceptors (Lipinski definition) is 4. The molecule has 15 heavy (non-hydrogen) atoms. The molecule has 0 atom stereocenters. The molecule has 0 bridgehead atoms. The van der Waals surface area contributed by atoms with Gasteiger partial charge in [-0.05, 0) is 17.3 Å². The van der Waals surface area contributed by atoms with Crippen LogP contribution in [0, 0.1) is 0 Å². The molecule has 1 aromatic carbocycles. The van der Waals surface area contributed by atoms with Gasteiger partial charge >= 0.3 is 0 Å². The van der Waals surface area contributed by atoms with Crippen molar-refractivity contribution in [2.75, 3.05) is 0 Å². The minimum atomic E-state index is -0.470. The Bertz CT molecular complexity index is 464. The van der Waals surface area contributed by atoms with Crippen LogP contribution in [0.3, 0.4) is 0 Å². The van der Waals surface area contributed by atoms with E-state index in [1.54, 1.807) is 0 Å². The van der Waals surface area contributed by atoms with Crippen molar-refractivity contribution in [3.8, 4) is 5.69 Å². The van der Waals surface area contributed by atoms with Crippen molar-refractivity contribution in [2.24, 2.45) is 5.73 Å². The van der Waals surface area contributed by atoms with Crippen LogP contribution in [0.5, 0.6) is 0 Å². The molecule has 0 spiro atoms. The smallest absolute Gasteiger partial charge is 0.225 e. The Kier molecular flexibility index (Phi) is 2.40. The SMILES string of the molecule is NC(=O)Cc1nnn(-c2ccccc2)n1. The van der Waals surface area contributed by atoms with E-state index >= 15 is 0 Å². The zero-order valence-corrected chi connectivity index (χ0v) is 7.87. The Labute approximate surface area is 85.7 Å². The lowest BCUT2D eigenvalue weighted by Gasteiger charge is -1.95. The second-order valence-corrected chi connectivity index (χ2v) is 2.97. The number of carbonyl (C=O) groups excluding carboxylic acids is 1. The fourth-order valence-corrected chi connectivity index (χ4v) is 1.14. The largest absolute Gasteiger partial charge is 0.369 e. The Hall–Kier alpha value is -2.24. The monoisotopic (exact) mass is 203 g/mol. The van der Waals surface area contributed by atoms with Gasteiger partial charge in [0.05, 0.1) is 12.1 Å². The maximum absolute atomic E-state index is 10.6. The lowest BCUT2D eigenvalue weighted by molar-refractivity contribution is -0.117. The molecular formula is C9H9N5O. The van der Waals surface area contributed by atoms with E-state index in [1.165, 1.54) is 4.80 Å². The highest BCUT2D eigenvalue weighted by Crippen LogP contribution is 2.02. The third-order valence-corrected chi connectivity index (χ3v) is 1.77. The molecule has 0 radical (unpaired) electrons. The van der Waals surface area contributed by atoms with Gasteiger partial charge in [0.15, 0.2) is 5.82 Å². The lowest BCUT2D eigenvalue weighted by Crippen LogP contribution is -2.14. The first-order chi connectivity index (χ1) is 7.25. The highest BCUT2D eigenvalue weighted by Gasteiger charge is 2.06. The van der Waals surface area contributed by atoms with E-state index in [-0.39, 0.29) is 6.42 Å². The molecule has 0 fully saturated rings. The summed E-state index contributed by atoms with van der Waals surface area (Å²) in [6, 6.07) is 9.31. The van der Waals surface area contributed by atoms with Gasteiger partial charge in [-0.25, -0.2) is 0 Å². The molecule has 0 saturated heterocycles. The summed E-state index contributed by atoms with van der Waals surface area (Å²) in [4.78, 5) is 12.0. The molecule has 2 aromatic rings. The van der Waals surface area contributed by atoms with E-state index in [0.717, 1.165) is 5.69 Å². The van der Waals surface area contributed by atoms with Crippen LogP contribution in [0.4, 0.5) is 0 Å². The highest BCUT2D eigenvalue weighted by atomic mass is 16.1. The summed E-state index contributed by atoms with van der Waals surface area (Å²) in [5.41, 5.74) is 5.81. The molecule has 0 aliphatic rings. The number of tetrazole rings is 1. The second kappa shape index (κ2) is 3.87. The normalized spacial score (nSPS) is 10.1. The molecule has 76 valence electrons. The Morgan fingerprint density at radius 3 is 2.73 bits per heavy atom. The number of primary amides is 1. The van der Waals surface area contributed by atoms with Crippen LogP contribution in [0.25, 0.3) is 5.69 Å². The summed E-state index contributed by atoms with van der Waals surface area (Å²) in [5, 5.41) is 11.5. The molecule has 6 nitrogen and oxygen atoms in total. The van der Waals surface area contributed by atoms with Crippen LogP contribution < -0.4 is 5.73 Å². The van der Waals surface area contributed by atoms with Crippen LogP contribution >= 0.6 is 0 Å². The summed E-state index contributed by atoms with van der Waals surface area (Å²) < 4.78 is 0. The number of aromatic nitrogens is 4. The summed E-state index contributed by atoms with van der Waals surface area (Å²) in [7, 11) is 0. The fourth-order valence-electron chi connectivity index (χ4n) is 1.14. The molecule has 1 heterocycles. The Morgan fingerprint density at radius 1 is 1.33 bits per heavy atom. The van der Waals surface area contributed by atoms with Crippen molar-refractivity contribution in [3.05, 3.63) is 36.2 Å². The number of nitrogens with zero attached hydrogens (tertiary/aromatic N) is 4. The van der Waals surface area contributed by atoms with Crippen molar-refractivity contribution < 1.29 is 4.79 Å². The minimum absolute atomic E-state index is 0.00678. The number of rotatable bonds is 3. The van der Waals surface area contributed by atoms with E-state index in [4.69, 9.17) is 5.73 Å². The summed E-state index contributed by atoms with van der Waals surface area (Å²) in [5.74, 6) is -0.144. The minimum Gasteiger partial charge on any atom is -0.369 e. The van der Waals surface area contributed by atoms with Gasteiger partial charge in [0.1, 0.15) is 0 Å². The highest BCUT2D eigenvalue weighted by molar-refractivity contribution is 5.75. The van der Waals surface area contributed by atoms with Gasteiger partial charge in [-0.3, -0.25) is 4.79 Å². The molecule has 1 aromatic heterocycles. The van der Waals surface area contributed by atoms with Gasteiger partial charge in [0.2, 0.25) is 5.91 Å². The molecule has 0 saturated carbocycles.